The summed E-state index contributed by atoms with van der Waals surface area (Å²) in [6, 6.07) is 17.1. The second-order valence-corrected chi connectivity index (χ2v) is 7.73. The highest BCUT2D eigenvalue weighted by molar-refractivity contribution is 6.10. The van der Waals surface area contributed by atoms with Gasteiger partial charge in [-0.15, -0.1) is 0 Å². The van der Waals surface area contributed by atoms with Crippen LogP contribution in [0.3, 0.4) is 0 Å². The lowest BCUT2D eigenvalue weighted by molar-refractivity contribution is -0.151. The maximum Gasteiger partial charge on any atom is 0.311 e. The molecule has 3 atom stereocenters. The topological polar surface area (TPSA) is 79.5 Å². The van der Waals surface area contributed by atoms with Crippen molar-refractivity contribution < 1.29 is 19.1 Å². The number of fused-ring (bicyclic) bond motifs is 1. The van der Waals surface area contributed by atoms with Gasteiger partial charge in [0.25, 0.3) is 0 Å². The summed E-state index contributed by atoms with van der Waals surface area (Å²) in [6.07, 6.45) is 0.816. The predicted molar refractivity (Wildman–Crippen MR) is 113 cm³/mol. The summed E-state index contributed by atoms with van der Waals surface area (Å²) in [5.41, 5.74) is 2.36. The van der Waals surface area contributed by atoms with Crippen LogP contribution in [0.25, 0.3) is 10.9 Å². The zero-order valence-corrected chi connectivity index (χ0v) is 17.0. The van der Waals surface area contributed by atoms with Gasteiger partial charge in [-0.25, -0.2) is 0 Å². The number of nitrogens with one attached hydrogen (secondary N) is 1. The Hall–Kier alpha value is -3.41. The number of esters is 1. The number of aromatic amines is 1. The van der Waals surface area contributed by atoms with Gasteiger partial charge in [-0.05, 0) is 25.5 Å². The standard InChI is InChI=1S/C24H24N2O4/c1-15(17-8-4-3-5-9-17)26-14-18(12-22(26)27)24(29)30-16(2)23(28)20-13-25-21-11-7-6-10-19(20)21/h3-11,13,15-16,18,25H,12,14H2,1-2H3/t15-,16+,18+/m1/s1. The molecule has 0 spiro atoms. The van der Waals surface area contributed by atoms with E-state index in [4.69, 9.17) is 4.74 Å². The molecule has 1 aliphatic rings. The molecule has 1 aliphatic heterocycles. The molecule has 1 N–H and O–H groups in total. The van der Waals surface area contributed by atoms with Gasteiger partial charge in [0.1, 0.15) is 0 Å². The molecule has 0 unspecified atom stereocenters. The van der Waals surface area contributed by atoms with Gasteiger partial charge in [0.2, 0.25) is 11.7 Å². The van der Waals surface area contributed by atoms with E-state index in [2.05, 4.69) is 4.98 Å². The zero-order chi connectivity index (χ0) is 21.3. The Kier molecular flexibility index (Phi) is 5.40. The van der Waals surface area contributed by atoms with Crippen LogP contribution in [0.1, 0.15) is 42.2 Å². The molecule has 2 heterocycles. The van der Waals surface area contributed by atoms with E-state index in [1.165, 1.54) is 0 Å². The van der Waals surface area contributed by atoms with Crippen molar-refractivity contribution in [3.63, 3.8) is 0 Å². The van der Waals surface area contributed by atoms with Crippen LogP contribution in [0, 0.1) is 5.92 Å². The molecule has 4 rings (SSSR count). The van der Waals surface area contributed by atoms with Crippen molar-refractivity contribution in [1.82, 2.24) is 9.88 Å². The first-order chi connectivity index (χ1) is 14.5. The number of hydrogen-bond acceptors (Lipinski definition) is 4. The third-order valence-corrected chi connectivity index (χ3v) is 5.76. The summed E-state index contributed by atoms with van der Waals surface area (Å²) in [7, 11) is 0. The number of H-pyrrole nitrogens is 1. The Morgan fingerprint density at radius 3 is 2.53 bits per heavy atom. The molecule has 0 saturated carbocycles. The van der Waals surface area contributed by atoms with Crippen molar-refractivity contribution >= 4 is 28.6 Å². The minimum absolute atomic E-state index is 0.0797. The van der Waals surface area contributed by atoms with Gasteiger partial charge in [0.15, 0.2) is 6.10 Å². The second-order valence-electron chi connectivity index (χ2n) is 7.73. The number of amides is 1. The summed E-state index contributed by atoms with van der Waals surface area (Å²) < 4.78 is 5.47. The molecule has 6 heteroatoms. The van der Waals surface area contributed by atoms with E-state index in [1.807, 2.05) is 61.5 Å². The van der Waals surface area contributed by atoms with Crippen molar-refractivity contribution in [1.29, 1.82) is 0 Å². The van der Waals surface area contributed by atoms with Crippen molar-refractivity contribution in [2.75, 3.05) is 6.54 Å². The van der Waals surface area contributed by atoms with E-state index in [0.29, 0.717) is 12.1 Å². The monoisotopic (exact) mass is 404 g/mol. The van der Waals surface area contributed by atoms with Gasteiger partial charge < -0.3 is 14.6 Å². The van der Waals surface area contributed by atoms with E-state index in [1.54, 1.807) is 18.0 Å². The largest absolute Gasteiger partial charge is 0.454 e. The maximum atomic E-state index is 12.8. The maximum absolute atomic E-state index is 12.8. The Balaban J connectivity index is 1.41. The number of nitrogens with zero attached hydrogens (tertiary/aromatic N) is 1. The number of aromatic nitrogens is 1. The highest BCUT2D eigenvalue weighted by Gasteiger charge is 2.39. The van der Waals surface area contributed by atoms with Crippen LogP contribution in [-0.2, 0) is 14.3 Å². The highest BCUT2D eigenvalue weighted by Crippen LogP contribution is 2.29. The number of carbonyl (C=O) groups is 3. The van der Waals surface area contributed by atoms with Gasteiger partial charge in [0.05, 0.1) is 12.0 Å². The van der Waals surface area contributed by atoms with Gasteiger partial charge in [-0.3, -0.25) is 14.4 Å². The van der Waals surface area contributed by atoms with Crippen LogP contribution < -0.4 is 0 Å². The van der Waals surface area contributed by atoms with E-state index in [0.717, 1.165) is 16.5 Å². The number of ketones is 1. The Bertz CT molecular complexity index is 1090. The van der Waals surface area contributed by atoms with Crippen molar-refractivity contribution in [2.24, 2.45) is 5.92 Å². The van der Waals surface area contributed by atoms with Crippen LogP contribution >= 0.6 is 0 Å². The first-order valence-electron chi connectivity index (χ1n) is 10.1. The number of Topliss-reactive ketones (excluding diaryl/α,β-unsaturated/α-hetero) is 1. The van der Waals surface area contributed by atoms with Crippen molar-refractivity contribution in [3.05, 3.63) is 71.9 Å². The van der Waals surface area contributed by atoms with Crippen LogP contribution in [0.4, 0.5) is 0 Å². The fourth-order valence-corrected chi connectivity index (χ4v) is 3.99. The molecule has 1 saturated heterocycles. The molecule has 3 aromatic rings. The van der Waals surface area contributed by atoms with E-state index < -0.39 is 18.0 Å². The second kappa shape index (κ2) is 8.14. The average Bonchev–Trinajstić information content (AvgIpc) is 3.37. The molecule has 0 bridgehead atoms. The Morgan fingerprint density at radius 2 is 1.77 bits per heavy atom. The van der Waals surface area contributed by atoms with Crippen molar-refractivity contribution in [3.8, 4) is 0 Å². The minimum Gasteiger partial charge on any atom is -0.454 e. The number of carbonyl (C=O) groups excluding carboxylic acids is 3. The van der Waals surface area contributed by atoms with Gasteiger partial charge in [0, 0.05) is 35.6 Å². The van der Waals surface area contributed by atoms with Gasteiger partial charge in [-0.1, -0.05) is 48.5 Å². The van der Waals surface area contributed by atoms with Crippen LogP contribution in [0.15, 0.2) is 60.8 Å². The van der Waals surface area contributed by atoms with Crippen molar-refractivity contribution in [2.45, 2.75) is 32.4 Å². The number of likely N-dealkylation sites (tertiary alicyclic amines) is 1. The number of rotatable bonds is 6. The molecule has 1 aromatic heterocycles. The summed E-state index contributed by atoms with van der Waals surface area (Å²) >= 11 is 0. The van der Waals surface area contributed by atoms with Gasteiger partial charge >= 0.3 is 5.97 Å². The fraction of sp³-hybridized carbons (Fsp3) is 0.292. The smallest absolute Gasteiger partial charge is 0.311 e. The number of para-hydroxylation sites is 1. The third kappa shape index (κ3) is 3.73. The average molecular weight is 404 g/mol. The van der Waals surface area contributed by atoms with Crippen LogP contribution in [0.5, 0.6) is 0 Å². The summed E-state index contributed by atoms with van der Waals surface area (Å²) in [6.45, 7) is 3.81. The van der Waals surface area contributed by atoms with E-state index in [-0.39, 0.29) is 24.2 Å². The molecule has 0 aliphatic carbocycles. The first kappa shape index (κ1) is 19.9. The molecule has 2 aromatic carbocycles. The lowest BCUT2D eigenvalue weighted by atomic mass is 10.1. The number of benzene rings is 2. The zero-order valence-electron chi connectivity index (χ0n) is 17.0. The Morgan fingerprint density at radius 1 is 1.07 bits per heavy atom. The number of hydrogen-bond donors (Lipinski definition) is 1. The van der Waals surface area contributed by atoms with E-state index in [9.17, 15) is 14.4 Å². The molecule has 30 heavy (non-hydrogen) atoms. The molecule has 154 valence electrons. The highest BCUT2D eigenvalue weighted by atomic mass is 16.5. The molecule has 0 radical (unpaired) electrons. The van der Waals surface area contributed by atoms with E-state index >= 15 is 0 Å². The molecule has 6 nitrogen and oxygen atoms in total. The van der Waals surface area contributed by atoms with Crippen LogP contribution in [0.2, 0.25) is 0 Å². The first-order valence-corrected chi connectivity index (χ1v) is 10.1. The summed E-state index contributed by atoms with van der Waals surface area (Å²) in [5.74, 6) is -1.42. The third-order valence-electron chi connectivity index (χ3n) is 5.76. The summed E-state index contributed by atoms with van der Waals surface area (Å²) in [4.78, 5) is 42.8. The molecule has 1 amide bonds. The predicted octanol–water partition coefficient (Wildman–Crippen LogP) is 3.89. The van der Waals surface area contributed by atoms with Crippen LogP contribution in [-0.4, -0.2) is 40.2 Å². The lowest BCUT2D eigenvalue weighted by Gasteiger charge is -2.25. The molecule has 1 fully saturated rings. The fourth-order valence-electron chi connectivity index (χ4n) is 3.99. The molecular weight excluding hydrogens is 380 g/mol. The van der Waals surface area contributed by atoms with Gasteiger partial charge in [-0.2, -0.15) is 0 Å². The molecular formula is C24H24N2O4. The summed E-state index contributed by atoms with van der Waals surface area (Å²) in [5, 5.41) is 0.796. The SMILES string of the molecule is C[C@H](OC(=O)[C@H]1CC(=O)N([C@H](C)c2ccccc2)C1)C(=O)c1c[nH]c2ccccc12. The lowest BCUT2D eigenvalue weighted by Crippen LogP contribution is -2.31. The minimum atomic E-state index is -0.924. The number of ether oxygens (including phenoxy) is 1. The Labute approximate surface area is 174 Å². The normalized spacial score (nSPS) is 18.4. The quantitative estimate of drug-likeness (QED) is 0.499.